The van der Waals surface area contributed by atoms with Crippen LogP contribution in [0.3, 0.4) is 0 Å². The highest BCUT2D eigenvalue weighted by Crippen LogP contribution is 2.60. The Hall–Kier alpha value is -1.61. The second kappa shape index (κ2) is 7.51. The van der Waals surface area contributed by atoms with Gasteiger partial charge in [-0.25, -0.2) is 0 Å². The van der Waals surface area contributed by atoms with Crippen molar-refractivity contribution in [1.29, 1.82) is 0 Å². The lowest BCUT2D eigenvalue weighted by molar-refractivity contribution is -0.140. The number of halogens is 3. The molecule has 160 valence electrons. The predicted octanol–water partition coefficient (Wildman–Crippen LogP) is 6.00. The highest BCUT2D eigenvalue weighted by atomic mass is 32.2. The molecule has 2 aromatic rings. The summed E-state index contributed by atoms with van der Waals surface area (Å²) < 4.78 is 39.2. The number of anilines is 1. The lowest BCUT2D eigenvalue weighted by atomic mass is 9.49. The molecule has 1 heterocycles. The number of nitrogens with zero attached hydrogens (tertiary/aromatic N) is 2. The third-order valence-corrected chi connectivity index (χ3v) is 8.81. The monoisotopic (exact) mass is 453 g/mol. The first-order valence-corrected chi connectivity index (χ1v) is 12.0. The number of amides is 1. The minimum atomic E-state index is -4.35. The van der Waals surface area contributed by atoms with Crippen molar-refractivity contribution in [2.75, 3.05) is 5.32 Å². The van der Waals surface area contributed by atoms with Crippen LogP contribution in [0.1, 0.15) is 49.7 Å². The largest absolute Gasteiger partial charge is 0.416 e. The Balaban J connectivity index is 1.21. The average Bonchev–Trinajstić information content (AvgIpc) is 3.12. The van der Waals surface area contributed by atoms with Gasteiger partial charge in [0.2, 0.25) is 11.0 Å². The number of rotatable bonds is 5. The molecule has 1 N–H and O–H groups in total. The molecule has 0 atom stereocenters. The van der Waals surface area contributed by atoms with Crippen molar-refractivity contribution in [2.45, 2.75) is 54.8 Å². The summed E-state index contributed by atoms with van der Waals surface area (Å²) in [7, 11) is 0. The second-order valence-electron chi connectivity index (χ2n) is 9.01. The van der Waals surface area contributed by atoms with Gasteiger partial charge in [0.25, 0.3) is 0 Å². The van der Waals surface area contributed by atoms with Crippen LogP contribution < -0.4 is 5.32 Å². The third kappa shape index (κ3) is 3.98. The van der Waals surface area contributed by atoms with Crippen molar-refractivity contribution in [3.05, 3.63) is 35.4 Å². The van der Waals surface area contributed by atoms with E-state index in [9.17, 15) is 18.0 Å². The Morgan fingerprint density at radius 1 is 1.13 bits per heavy atom. The first-order valence-electron chi connectivity index (χ1n) is 10.2. The maximum atomic E-state index is 13.1. The van der Waals surface area contributed by atoms with Crippen LogP contribution in [0.2, 0.25) is 0 Å². The molecular weight excluding hydrogens is 431 g/mol. The molecule has 4 saturated carbocycles. The summed E-state index contributed by atoms with van der Waals surface area (Å²) in [6.45, 7) is 0. The Morgan fingerprint density at radius 3 is 2.43 bits per heavy atom. The van der Waals surface area contributed by atoms with E-state index in [1.54, 1.807) is 6.07 Å². The standard InChI is InChI=1S/C21H22F3N3OS2/c22-21(23,24)16-3-1-2-12(7-16)11-29-19-27-26-18(30-19)25-17(28)20-8-13-4-14(9-20)6-15(5-13)10-20/h1-3,7,13-15H,4-6,8-11H2,(H,25,26,28). The summed E-state index contributed by atoms with van der Waals surface area (Å²) in [6.07, 6.45) is 2.45. The zero-order chi connectivity index (χ0) is 20.9. The number of carbonyl (C=O) groups excluding carboxylic acids is 1. The van der Waals surface area contributed by atoms with Crippen LogP contribution in [0.4, 0.5) is 18.3 Å². The fraction of sp³-hybridized carbons (Fsp3) is 0.571. The van der Waals surface area contributed by atoms with E-state index in [4.69, 9.17) is 0 Å². The summed E-state index contributed by atoms with van der Waals surface area (Å²) in [4.78, 5) is 13.1. The van der Waals surface area contributed by atoms with E-state index in [-0.39, 0.29) is 11.3 Å². The molecule has 0 radical (unpaired) electrons. The number of carbonyl (C=O) groups is 1. The van der Waals surface area contributed by atoms with Gasteiger partial charge in [-0.1, -0.05) is 41.3 Å². The zero-order valence-corrected chi connectivity index (χ0v) is 17.9. The van der Waals surface area contributed by atoms with Crippen molar-refractivity contribution >= 4 is 34.1 Å². The quantitative estimate of drug-likeness (QED) is 0.445. The van der Waals surface area contributed by atoms with E-state index in [0.717, 1.165) is 31.4 Å². The normalized spacial score (nSPS) is 29.9. The van der Waals surface area contributed by atoms with E-state index in [2.05, 4.69) is 15.5 Å². The van der Waals surface area contributed by atoms with Gasteiger partial charge < -0.3 is 5.32 Å². The molecule has 9 heteroatoms. The number of benzene rings is 1. The van der Waals surface area contributed by atoms with E-state index in [1.165, 1.54) is 48.4 Å². The molecule has 4 aliphatic carbocycles. The van der Waals surface area contributed by atoms with Crippen LogP contribution in [-0.4, -0.2) is 16.1 Å². The van der Waals surface area contributed by atoms with Crippen molar-refractivity contribution in [2.24, 2.45) is 23.2 Å². The van der Waals surface area contributed by atoms with Crippen molar-refractivity contribution in [3.8, 4) is 0 Å². The van der Waals surface area contributed by atoms with E-state index >= 15 is 0 Å². The van der Waals surface area contributed by atoms with E-state index in [1.807, 2.05) is 0 Å². The molecule has 0 spiro atoms. The van der Waals surface area contributed by atoms with Gasteiger partial charge in [-0.2, -0.15) is 13.2 Å². The van der Waals surface area contributed by atoms with Crippen LogP contribution >= 0.6 is 23.1 Å². The summed E-state index contributed by atoms with van der Waals surface area (Å²) >= 11 is 2.61. The number of alkyl halides is 3. The van der Waals surface area contributed by atoms with Gasteiger partial charge in [0, 0.05) is 5.75 Å². The number of hydrogen-bond acceptors (Lipinski definition) is 5. The van der Waals surface area contributed by atoms with Gasteiger partial charge in [0.1, 0.15) is 0 Å². The lowest BCUT2D eigenvalue weighted by Gasteiger charge is -2.55. The Morgan fingerprint density at radius 2 is 1.80 bits per heavy atom. The number of nitrogens with one attached hydrogen (secondary N) is 1. The Bertz CT molecular complexity index is 924. The zero-order valence-electron chi connectivity index (χ0n) is 16.2. The molecule has 1 aromatic carbocycles. The first kappa shape index (κ1) is 20.3. The Kier molecular flexibility index (Phi) is 5.08. The third-order valence-electron chi connectivity index (χ3n) is 6.76. The van der Waals surface area contributed by atoms with Crippen LogP contribution in [0.15, 0.2) is 28.6 Å². The fourth-order valence-electron chi connectivity index (χ4n) is 5.92. The van der Waals surface area contributed by atoms with Gasteiger partial charge in [0.15, 0.2) is 4.34 Å². The van der Waals surface area contributed by atoms with E-state index < -0.39 is 11.7 Å². The predicted molar refractivity (Wildman–Crippen MR) is 110 cm³/mol. The Labute approximate surface area is 181 Å². The van der Waals surface area contributed by atoms with Crippen LogP contribution in [0, 0.1) is 23.2 Å². The van der Waals surface area contributed by atoms with Gasteiger partial charge in [-0.15, -0.1) is 10.2 Å². The molecule has 0 saturated heterocycles. The lowest BCUT2D eigenvalue weighted by Crippen LogP contribution is -2.51. The summed E-state index contributed by atoms with van der Waals surface area (Å²) in [5.41, 5.74) is -0.322. The van der Waals surface area contributed by atoms with Gasteiger partial charge in [0.05, 0.1) is 11.0 Å². The number of thioether (sulfide) groups is 1. The molecule has 0 unspecified atom stereocenters. The van der Waals surface area contributed by atoms with Crippen molar-refractivity contribution in [3.63, 3.8) is 0 Å². The highest BCUT2D eigenvalue weighted by Gasteiger charge is 2.54. The highest BCUT2D eigenvalue weighted by molar-refractivity contribution is 8.00. The number of aromatic nitrogens is 2. The van der Waals surface area contributed by atoms with E-state index in [0.29, 0.717) is 38.5 Å². The molecule has 0 aliphatic heterocycles. The molecule has 4 fully saturated rings. The van der Waals surface area contributed by atoms with Gasteiger partial charge in [-0.05, 0) is 67.9 Å². The van der Waals surface area contributed by atoms with Crippen LogP contribution in [0.25, 0.3) is 0 Å². The molecule has 4 aliphatic rings. The first-order chi connectivity index (χ1) is 14.3. The molecule has 4 nitrogen and oxygen atoms in total. The molecule has 1 amide bonds. The van der Waals surface area contributed by atoms with Gasteiger partial charge >= 0.3 is 6.18 Å². The van der Waals surface area contributed by atoms with Crippen LogP contribution in [0.5, 0.6) is 0 Å². The van der Waals surface area contributed by atoms with Crippen molar-refractivity contribution in [1.82, 2.24) is 10.2 Å². The maximum absolute atomic E-state index is 13.1. The van der Waals surface area contributed by atoms with Crippen LogP contribution in [-0.2, 0) is 16.7 Å². The molecule has 6 rings (SSSR count). The van der Waals surface area contributed by atoms with Gasteiger partial charge in [-0.3, -0.25) is 4.79 Å². The fourth-order valence-corrected chi connectivity index (χ4v) is 7.61. The molecule has 1 aromatic heterocycles. The molecular formula is C21H22F3N3OS2. The maximum Gasteiger partial charge on any atom is 0.416 e. The smallest absolute Gasteiger partial charge is 0.300 e. The minimum absolute atomic E-state index is 0.0761. The second-order valence-corrected chi connectivity index (χ2v) is 11.2. The number of hydrogen-bond donors (Lipinski definition) is 1. The average molecular weight is 454 g/mol. The molecule has 4 bridgehead atoms. The van der Waals surface area contributed by atoms with Crippen molar-refractivity contribution < 1.29 is 18.0 Å². The topological polar surface area (TPSA) is 54.9 Å². The molecule has 30 heavy (non-hydrogen) atoms. The summed E-state index contributed by atoms with van der Waals surface area (Å²) in [6, 6.07) is 5.30. The SMILES string of the molecule is O=C(Nc1nnc(SCc2cccc(C(F)(F)F)c2)s1)C12CC3CC(CC(C3)C1)C2. The summed E-state index contributed by atoms with van der Waals surface area (Å²) in [5.74, 6) is 2.51. The summed E-state index contributed by atoms with van der Waals surface area (Å²) in [5, 5.41) is 11.6. The minimum Gasteiger partial charge on any atom is -0.300 e.